The van der Waals surface area contributed by atoms with Gasteiger partial charge in [-0.25, -0.2) is 0 Å². The smallest absolute Gasteiger partial charge is 0.261 e. The van der Waals surface area contributed by atoms with E-state index in [1.54, 1.807) is 55.6 Å². The predicted octanol–water partition coefficient (Wildman–Crippen LogP) is 3.37. The fourth-order valence-corrected chi connectivity index (χ4v) is 2.78. The van der Waals surface area contributed by atoms with E-state index in [0.717, 1.165) is 12.8 Å². The molecule has 0 aliphatic heterocycles. The number of carbonyl (C=O) groups excluding carboxylic acids is 2. The van der Waals surface area contributed by atoms with Crippen LogP contribution >= 0.6 is 12.2 Å². The average molecular weight is 430 g/mol. The summed E-state index contributed by atoms with van der Waals surface area (Å²) in [6, 6.07) is 13.8. The highest BCUT2D eigenvalue weighted by atomic mass is 32.1. The molecule has 160 valence electrons. The van der Waals surface area contributed by atoms with Crippen molar-refractivity contribution < 1.29 is 19.1 Å². The number of amides is 2. The maximum absolute atomic E-state index is 12.6. The zero-order valence-corrected chi connectivity index (χ0v) is 18.0. The van der Waals surface area contributed by atoms with Crippen LogP contribution < -0.4 is 20.7 Å². The molecule has 0 aromatic heterocycles. The molecule has 0 radical (unpaired) electrons. The quantitative estimate of drug-likeness (QED) is 0.396. The summed E-state index contributed by atoms with van der Waals surface area (Å²) in [5.74, 6) is -0.0984. The van der Waals surface area contributed by atoms with Gasteiger partial charge in [0.25, 0.3) is 11.8 Å². The van der Waals surface area contributed by atoms with E-state index in [1.807, 2.05) is 0 Å². The number of rotatable bonds is 10. The lowest BCUT2D eigenvalue weighted by Crippen LogP contribution is -2.34. The number of unbranched alkanes of at least 4 members (excludes halogenated alkanes) is 1. The van der Waals surface area contributed by atoms with E-state index in [0.29, 0.717) is 42.3 Å². The summed E-state index contributed by atoms with van der Waals surface area (Å²) in [6.07, 6.45) is 1.94. The van der Waals surface area contributed by atoms with Crippen LogP contribution in [0.1, 0.15) is 40.5 Å². The average Bonchev–Trinajstić information content (AvgIpc) is 2.74. The third-order valence-electron chi connectivity index (χ3n) is 4.10. The molecule has 2 rings (SSSR count). The predicted molar refractivity (Wildman–Crippen MR) is 121 cm³/mol. The second kappa shape index (κ2) is 12.6. The Hall–Kier alpha value is -2.97. The second-order valence-electron chi connectivity index (χ2n) is 6.44. The van der Waals surface area contributed by atoms with Crippen molar-refractivity contribution in [2.75, 3.05) is 32.2 Å². The number of benzene rings is 2. The number of hydrogen-bond donors (Lipinski definition) is 3. The number of para-hydroxylation sites is 1. The highest BCUT2D eigenvalue weighted by molar-refractivity contribution is 7.80. The van der Waals surface area contributed by atoms with Gasteiger partial charge in [-0.3, -0.25) is 14.9 Å². The summed E-state index contributed by atoms with van der Waals surface area (Å²) in [5.41, 5.74) is 1.48. The van der Waals surface area contributed by atoms with Gasteiger partial charge in [0.1, 0.15) is 12.4 Å². The Labute approximate surface area is 182 Å². The van der Waals surface area contributed by atoms with E-state index >= 15 is 0 Å². The van der Waals surface area contributed by atoms with Crippen LogP contribution in [0.5, 0.6) is 5.75 Å². The van der Waals surface area contributed by atoms with Crippen LogP contribution in [0.3, 0.4) is 0 Å². The zero-order chi connectivity index (χ0) is 21.8. The van der Waals surface area contributed by atoms with Crippen molar-refractivity contribution in [3.8, 4) is 5.75 Å². The molecule has 8 heteroatoms. The summed E-state index contributed by atoms with van der Waals surface area (Å²) in [5, 5.41) is 8.56. The maximum Gasteiger partial charge on any atom is 0.261 e. The topological polar surface area (TPSA) is 88.7 Å². The van der Waals surface area contributed by atoms with E-state index in [9.17, 15) is 9.59 Å². The molecule has 0 saturated carbocycles. The van der Waals surface area contributed by atoms with Gasteiger partial charge in [0.05, 0.1) is 12.2 Å². The second-order valence-corrected chi connectivity index (χ2v) is 6.84. The SMILES string of the molecule is CCCCNC(=O)c1cccc(NC(=S)NC(=O)c2ccccc2OCCOC)c1. The van der Waals surface area contributed by atoms with Gasteiger partial charge < -0.3 is 20.1 Å². The van der Waals surface area contributed by atoms with Gasteiger partial charge >= 0.3 is 0 Å². The molecule has 0 spiro atoms. The summed E-state index contributed by atoms with van der Waals surface area (Å²) in [7, 11) is 1.58. The minimum atomic E-state index is -0.394. The highest BCUT2D eigenvalue weighted by Gasteiger charge is 2.14. The van der Waals surface area contributed by atoms with Crippen molar-refractivity contribution in [2.45, 2.75) is 19.8 Å². The molecule has 0 bridgehead atoms. The van der Waals surface area contributed by atoms with Gasteiger partial charge in [0, 0.05) is 24.9 Å². The third-order valence-corrected chi connectivity index (χ3v) is 4.31. The van der Waals surface area contributed by atoms with Gasteiger partial charge in [0.2, 0.25) is 0 Å². The van der Waals surface area contributed by atoms with Crippen LogP contribution in [0.4, 0.5) is 5.69 Å². The summed E-state index contributed by atoms with van der Waals surface area (Å²) >= 11 is 5.25. The fraction of sp³-hybridized carbons (Fsp3) is 0.318. The number of thiocarbonyl (C=S) groups is 1. The lowest BCUT2D eigenvalue weighted by molar-refractivity contribution is 0.0949. The summed E-state index contributed by atoms with van der Waals surface area (Å²) in [6.45, 7) is 3.44. The first-order valence-corrected chi connectivity index (χ1v) is 10.2. The Morgan fingerprint density at radius 3 is 2.60 bits per heavy atom. The van der Waals surface area contributed by atoms with Crippen molar-refractivity contribution in [2.24, 2.45) is 0 Å². The molecule has 0 atom stereocenters. The first-order chi connectivity index (χ1) is 14.5. The van der Waals surface area contributed by atoms with E-state index in [2.05, 4.69) is 22.9 Å². The number of hydrogen-bond acceptors (Lipinski definition) is 5. The third kappa shape index (κ3) is 7.46. The first-order valence-electron chi connectivity index (χ1n) is 9.76. The molecule has 0 saturated heterocycles. The Bertz CT molecular complexity index is 873. The molecule has 3 N–H and O–H groups in total. The van der Waals surface area contributed by atoms with Crippen LogP contribution in [-0.2, 0) is 4.74 Å². The van der Waals surface area contributed by atoms with Gasteiger partial charge in [-0.15, -0.1) is 0 Å². The Morgan fingerprint density at radius 1 is 1.03 bits per heavy atom. The largest absolute Gasteiger partial charge is 0.490 e. The number of methoxy groups -OCH3 is 1. The van der Waals surface area contributed by atoms with E-state index in [-0.39, 0.29) is 11.0 Å². The van der Waals surface area contributed by atoms with E-state index in [4.69, 9.17) is 21.7 Å². The van der Waals surface area contributed by atoms with Crippen molar-refractivity contribution >= 4 is 34.8 Å². The van der Waals surface area contributed by atoms with Crippen molar-refractivity contribution in [1.29, 1.82) is 0 Å². The lowest BCUT2D eigenvalue weighted by Gasteiger charge is -2.13. The van der Waals surface area contributed by atoms with E-state index in [1.165, 1.54) is 0 Å². The van der Waals surface area contributed by atoms with Crippen LogP contribution in [0.25, 0.3) is 0 Å². The first kappa shape index (κ1) is 23.3. The van der Waals surface area contributed by atoms with Gasteiger partial charge in [0.15, 0.2) is 5.11 Å². The molecule has 0 aliphatic rings. The van der Waals surface area contributed by atoms with Crippen LogP contribution in [-0.4, -0.2) is 43.8 Å². The number of ether oxygens (including phenoxy) is 2. The number of anilines is 1. The van der Waals surface area contributed by atoms with Gasteiger partial charge in [-0.2, -0.15) is 0 Å². The van der Waals surface area contributed by atoms with Crippen molar-refractivity contribution in [3.05, 3.63) is 59.7 Å². The Kier molecular flexibility index (Phi) is 9.76. The van der Waals surface area contributed by atoms with Crippen molar-refractivity contribution in [1.82, 2.24) is 10.6 Å². The monoisotopic (exact) mass is 429 g/mol. The molecule has 2 aromatic carbocycles. The fourth-order valence-electron chi connectivity index (χ4n) is 2.57. The summed E-state index contributed by atoms with van der Waals surface area (Å²) < 4.78 is 10.6. The molecular formula is C22H27N3O4S. The Morgan fingerprint density at radius 2 is 1.83 bits per heavy atom. The summed E-state index contributed by atoms with van der Waals surface area (Å²) in [4.78, 5) is 24.8. The lowest BCUT2D eigenvalue weighted by atomic mass is 10.2. The van der Waals surface area contributed by atoms with Gasteiger partial charge in [-0.1, -0.05) is 31.5 Å². The minimum Gasteiger partial charge on any atom is -0.490 e. The molecule has 2 aromatic rings. The molecule has 30 heavy (non-hydrogen) atoms. The maximum atomic E-state index is 12.6. The van der Waals surface area contributed by atoms with Crippen molar-refractivity contribution in [3.63, 3.8) is 0 Å². The standard InChI is InChI=1S/C22H27N3O4S/c1-3-4-12-23-20(26)16-8-7-9-17(15-16)24-22(30)25-21(27)18-10-5-6-11-19(18)29-14-13-28-2/h5-11,15H,3-4,12-14H2,1-2H3,(H,23,26)(H2,24,25,27,30). The Balaban J connectivity index is 1.97. The minimum absolute atomic E-state index is 0.121. The van der Waals surface area contributed by atoms with Gasteiger partial charge in [-0.05, 0) is 49.0 Å². The number of carbonyl (C=O) groups is 2. The molecule has 7 nitrogen and oxygen atoms in total. The molecule has 0 unspecified atom stereocenters. The zero-order valence-electron chi connectivity index (χ0n) is 17.2. The van der Waals surface area contributed by atoms with Crippen LogP contribution in [0.15, 0.2) is 48.5 Å². The molecule has 0 heterocycles. The molecule has 0 aliphatic carbocycles. The highest BCUT2D eigenvalue weighted by Crippen LogP contribution is 2.18. The number of nitrogens with one attached hydrogen (secondary N) is 3. The van der Waals surface area contributed by atoms with Crippen LogP contribution in [0, 0.1) is 0 Å². The molecular weight excluding hydrogens is 402 g/mol. The van der Waals surface area contributed by atoms with E-state index < -0.39 is 5.91 Å². The van der Waals surface area contributed by atoms with Crippen LogP contribution in [0.2, 0.25) is 0 Å². The normalized spacial score (nSPS) is 10.2. The molecule has 2 amide bonds. The molecule has 0 fully saturated rings.